The number of nitrogens with two attached hydrogens (primary N) is 2. The summed E-state index contributed by atoms with van der Waals surface area (Å²) < 4.78 is 4.21. The zero-order valence-electron chi connectivity index (χ0n) is 13.5. The van der Waals surface area contributed by atoms with Gasteiger partial charge in [0.2, 0.25) is 0 Å². The zero-order chi connectivity index (χ0) is 17.1. The Kier molecular flexibility index (Phi) is 4.91. The lowest BCUT2D eigenvalue weighted by molar-refractivity contribution is 0.0996. The van der Waals surface area contributed by atoms with E-state index in [0.29, 0.717) is 18.3 Å². The summed E-state index contributed by atoms with van der Waals surface area (Å²) in [5.74, 6) is 0.925. The van der Waals surface area contributed by atoms with Gasteiger partial charge in [-0.15, -0.1) is 0 Å². The molecule has 5 N–H and O–H groups in total. The Labute approximate surface area is 144 Å². The fraction of sp³-hybridized carbons (Fsp3) is 0.467. The van der Waals surface area contributed by atoms with Crippen molar-refractivity contribution < 1.29 is 4.79 Å². The van der Waals surface area contributed by atoms with Crippen LogP contribution in [-0.2, 0) is 0 Å². The van der Waals surface area contributed by atoms with Crippen molar-refractivity contribution in [3.8, 4) is 0 Å². The van der Waals surface area contributed by atoms with Crippen molar-refractivity contribution in [2.24, 2.45) is 17.4 Å². The van der Waals surface area contributed by atoms with Gasteiger partial charge in [0.05, 0.1) is 11.9 Å². The van der Waals surface area contributed by atoms with E-state index in [1.54, 1.807) is 6.20 Å². The van der Waals surface area contributed by atoms with Gasteiger partial charge in [-0.05, 0) is 49.8 Å². The normalized spacial score (nSPS) is 17.8. The molecule has 2 aromatic heterocycles. The Morgan fingerprint density at radius 3 is 3.04 bits per heavy atom. The summed E-state index contributed by atoms with van der Waals surface area (Å²) >= 11 is 1.30. The molecule has 24 heavy (non-hydrogen) atoms. The summed E-state index contributed by atoms with van der Waals surface area (Å²) in [6.45, 7) is 4.31. The smallest absolute Gasteiger partial charge is 0.271 e. The fourth-order valence-electron chi connectivity index (χ4n) is 2.80. The van der Waals surface area contributed by atoms with Gasteiger partial charge in [0.15, 0.2) is 11.5 Å². The van der Waals surface area contributed by atoms with Crippen molar-refractivity contribution in [2.75, 3.05) is 29.9 Å². The van der Waals surface area contributed by atoms with Crippen molar-refractivity contribution in [2.45, 2.75) is 19.8 Å². The summed E-state index contributed by atoms with van der Waals surface area (Å²) in [6.07, 6.45) is 3.80. The molecule has 1 amide bonds. The number of rotatable bonds is 5. The number of aromatic nitrogens is 3. The van der Waals surface area contributed by atoms with E-state index in [2.05, 4.69) is 24.6 Å². The largest absolute Gasteiger partial charge is 0.364 e. The molecule has 1 atom stereocenters. The number of aryl methyl sites for hydroxylation is 1. The molecule has 0 aliphatic carbocycles. The second-order valence-corrected chi connectivity index (χ2v) is 6.74. The van der Waals surface area contributed by atoms with Crippen molar-refractivity contribution in [1.82, 2.24) is 14.3 Å². The van der Waals surface area contributed by atoms with Crippen LogP contribution in [0.25, 0.3) is 0 Å². The maximum atomic E-state index is 11.6. The minimum atomic E-state index is -0.615. The quantitative estimate of drug-likeness (QED) is 0.744. The first kappa shape index (κ1) is 16.6. The fourth-order valence-corrected chi connectivity index (χ4v) is 3.46. The monoisotopic (exact) mass is 347 g/mol. The predicted molar refractivity (Wildman–Crippen MR) is 94.7 cm³/mol. The van der Waals surface area contributed by atoms with E-state index in [-0.39, 0.29) is 5.69 Å². The predicted octanol–water partition coefficient (Wildman–Crippen LogP) is 1.26. The van der Waals surface area contributed by atoms with Gasteiger partial charge in [-0.2, -0.15) is 4.37 Å². The molecule has 0 bridgehead atoms. The van der Waals surface area contributed by atoms with Crippen LogP contribution in [0.2, 0.25) is 0 Å². The van der Waals surface area contributed by atoms with Gasteiger partial charge in [-0.3, -0.25) is 4.79 Å². The first-order valence-electron chi connectivity index (χ1n) is 7.89. The lowest BCUT2D eigenvalue weighted by Gasteiger charge is -2.33. The topological polar surface area (TPSA) is 123 Å². The van der Waals surface area contributed by atoms with Crippen LogP contribution in [0.1, 0.15) is 29.0 Å². The van der Waals surface area contributed by atoms with E-state index < -0.39 is 5.91 Å². The van der Waals surface area contributed by atoms with Crippen molar-refractivity contribution in [1.29, 1.82) is 0 Å². The summed E-state index contributed by atoms with van der Waals surface area (Å²) in [4.78, 5) is 22.6. The molecule has 3 rings (SSSR count). The highest BCUT2D eigenvalue weighted by atomic mass is 32.1. The number of anilines is 3. The number of primary amides is 1. The summed E-state index contributed by atoms with van der Waals surface area (Å²) in [6, 6.07) is 1.88. The summed E-state index contributed by atoms with van der Waals surface area (Å²) in [7, 11) is 0. The first-order chi connectivity index (χ1) is 11.6. The van der Waals surface area contributed by atoms with Crippen LogP contribution >= 0.6 is 11.5 Å². The Hall–Kier alpha value is -2.26. The molecule has 0 spiro atoms. The molecule has 2 aromatic rings. The van der Waals surface area contributed by atoms with E-state index in [0.717, 1.165) is 42.4 Å². The van der Waals surface area contributed by atoms with E-state index in [4.69, 9.17) is 11.5 Å². The minimum Gasteiger partial charge on any atom is -0.364 e. The number of carbonyl (C=O) groups excluding carboxylic acids is 1. The second-order valence-electron chi connectivity index (χ2n) is 5.94. The van der Waals surface area contributed by atoms with Crippen LogP contribution in [0.5, 0.6) is 0 Å². The standard InChI is InChI=1S/C15H21N7OS/c1-9-5-12(24-21-9)20-15-13(14(17)23)18-7-11(19-15)22-4-2-3-10(6-16)8-22/h5,7,10H,2-4,6,8,16H2,1H3,(H2,17,23)(H,19,20). The Bertz CT molecular complexity index is 732. The number of piperidine rings is 1. The highest BCUT2D eigenvalue weighted by Gasteiger charge is 2.22. The highest BCUT2D eigenvalue weighted by Crippen LogP contribution is 2.26. The third-order valence-electron chi connectivity index (χ3n) is 4.04. The second kappa shape index (κ2) is 7.10. The lowest BCUT2D eigenvalue weighted by Crippen LogP contribution is -2.39. The molecule has 0 saturated carbocycles. The maximum absolute atomic E-state index is 11.6. The van der Waals surface area contributed by atoms with E-state index in [1.807, 2.05) is 13.0 Å². The van der Waals surface area contributed by atoms with Crippen molar-refractivity contribution >= 4 is 34.1 Å². The summed E-state index contributed by atoms with van der Waals surface area (Å²) in [5, 5.41) is 3.90. The van der Waals surface area contributed by atoms with Gasteiger partial charge in [-0.1, -0.05) is 0 Å². The van der Waals surface area contributed by atoms with Gasteiger partial charge >= 0.3 is 0 Å². The summed E-state index contributed by atoms with van der Waals surface area (Å²) in [5.41, 5.74) is 12.2. The average Bonchev–Trinajstić information content (AvgIpc) is 2.99. The Balaban J connectivity index is 1.89. The minimum absolute atomic E-state index is 0.122. The van der Waals surface area contributed by atoms with Crippen LogP contribution < -0.4 is 21.7 Å². The maximum Gasteiger partial charge on any atom is 0.271 e. The van der Waals surface area contributed by atoms with Crippen LogP contribution in [0.3, 0.4) is 0 Å². The molecule has 3 heterocycles. The van der Waals surface area contributed by atoms with Gasteiger partial charge < -0.3 is 21.7 Å². The van der Waals surface area contributed by atoms with Gasteiger partial charge in [0.25, 0.3) is 5.91 Å². The van der Waals surface area contributed by atoms with Crippen molar-refractivity contribution in [3.63, 3.8) is 0 Å². The third-order valence-corrected chi connectivity index (χ3v) is 4.83. The molecule has 0 radical (unpaired) electrons. The third kappa shape index (κ3) is 3.62. The zero-order valence-corrected chi connectivity index (χ0v) is 14.3. The molecule has 8 nitrogen and oxygen atoms in total. The Morgan fingerprint density at radius 1 is 1.54 bits per heavy atom. The molecule has 1 unspecified atom stereocenters. The van der Waals surface area contributed by atoms with Crippen LogP contribution in [-0.4, -0.2) is 39.9 Å². The van der Waals surface area contributed by atoms with E-state index in [9.17, 15) is 4.79 Å². The molecule has 1 aliphatic rings. The number of hydrogen-bond acceptors (Lipinski definition) is 8. The van der Waals surface area contributed by atoms with Crippen LogP contribution in [0, 0.1) is 12.8 Å². The van der Waals surface area contributed by atoms with Gasteiger partial charge in [-0.25, -0.2) is 9.97 Å². The lowest BCUT2D eigenvalue weighted by atomic mass is 9.98. The molecular formula is C15H21N7OS. The number of nitrogens with one attached hydrogen (secondary N) is 1. The van der Waals surface area contributed by atoms with Crippen LogP contribution in [0.4, 0.5) is 16.6 Å². The SMILES string of the molecule is Cc1cc(Nc2nc(N3CCCC(CN)C3)cnc2C(N)=O)sn1. The molecule has 128 valence electrons. The number of amides is 1. The van der Waals surface area contributed by atoms with Crippen molar-refractivity contribution in [3.05, 3.63) is 23.7 Å². The molecule has 1 aliphatic heterocycles. The molecule has 9 heteroatoms. The van der Waals surface area contributed by atoms with E-state index >= 15 is 0 Å². The molecule has 0 aromatic carbocycles. The first-order valence-corrected chi connectivity index (χ1v) is 8.66. The Morgan fingerprint density at radius 2 is 2.38 bits per heavy atom. The molecule has 1 saturated heterocycles. The number of hydrogen-bond donors (Lipinski definition) is 3. The highest BCUT2D eigenvalue weighted by molar-refractivity contribution is 7.10. The molecular weight excluding hydrogens is 326 g/mol. The number of nitrogens with zero attached hydrogens (tertiary/aromatic N) is 4. The molecule has 1 fully saturated rings. The number of carbonyl (C=O) groups is 1. The van der Waals surface area contributed by atoms with Crippen LogP contribution in [0.15, 0.2) is 12.3 Å². The van der Waals surface area contributed by atoms with Gasteiger partial charge in [0, 0.05) is 13.1 Å². The van der Waals surface area contributed by atoms with E-state index in [1.165, 1.54) is 11.5 Å². The van der Waals surface area contributed by atoms with Gasteiger partial charge in [0.1, 0.15) is 10.8 Å². The average molecular weight is 347 g/mol.